The minimum Gasteiger partial charge on any atom is -0.543 e. The molecule has 0 aliphatic rings. The van der Waals surface area contributed by atoms with Crippen LogP contribution in [-0.4, -0.2) is 53.9 Å². The van der Waals surface area contributed by atoms with Gasteiger partial charge in [-0.05, 0) is 88.7 Å². The molecule has 1 atom stereocenters. The third kappa shape index (κ3) is 8.01. The van der Waals surface area contributed by atoms with Gasteiger partial charge in [0.15, 0.2) is 5.82 Å². The van der Waals surface area contributed by atoms with E-state index in [4.69, 9.17) is 40.0 Å². The topological polar surface area (TPSA) is 115 Å². The molecule has 0 N–H and O–H groups in total. The molecule has 5 rings (SSSR count). The van der Waals surface area contributed by atoms with Crippen molar-refractivity contribution >= 4 is 70.1 Å². The Kier molecular flexibility index (Phi) is 11.1. The number of hydrogen-bond donors (Lipinski definition) is 0. The molecule has 5 aromatic rings. The van der Waals surface area contributed by atoms with Crippen LogP contribution in [0.5, 0.6) is 23.1 Å². The first-order valence-corrected chi connectivity index (χ1v) is 20.2. The zero-order valence-electron chi connectivity index (χ0n) is 27.7. The van der Waals surface area contributed by atoms with E-state index in [1.54, 1.807) is 25.6 Å². The average molecular weight is 819 g/mol. The maximum Gasteiger partial charge on any atom is 0.347 e. The molecule has 0 fully saturated rings. The maximum absolute atomic E-state index is 13.2. The Labute approximate surface area is 303 Å². The lowest BCUT2D eigenvalue weighted by Gasteiger charge is -2.36. The van der Waals surface area contributed by atoms with Crippen molar-refractivity contribution < 1.29 is 28.2 Å². The van der Waals surface area contributed by atoms with Crippen LogP contribution in [0.25, 0.3) is 21.5 Å². The van der Waals surface area contributed by atoms with Crippen LogP contribution in [0, 0.1) is 3.57 Å². The lowest BCUT2D eigenvalue weighted by Crippen LogP contribution is -2.43. The molecular formula is C34H36ClIN4O6SSi. The Bertz CT molecular complexity index is 1940. The summed E-state index contributed by atoms with van der Waals surface area (Å²) in [5, 5.41) is 0.994. The van der Waals surface area contributed by atoms with E-state index in [9.17, 15) is 4.79 Å². The molecule has 0 saturated heterocycles. The summed E-state index contributed by atoms with van der Waals surface area (Å²) in [6.07, 6.45) is 2.39. The number of benzene rings is 2. The molecule has 0 aliphatic carbocycles. The number of methoxy groups -OCH3 is 2. The summed E-state index contributed by atoms with van der Waals surface area (Å²) in [7, 11) is 0.752. The summed E-state index contributed by atoms with van der Waals surface area (Å²) in [6, 6.07) is 15.0. The van der Waals surface area contributed by atoms with Gasteiger partial charge in [0.05, 0.1) is 39.1 Å². The summed E-state index contributed by atoms with van der Waals surface area (Å²) in [5.41, 5.74) is 2.12. The van der Waals surface area contributed by atoms with E-state index in [2.05, 4.69) is 70.8 Å². The minimum absolute atomic E-state index is 0.0227. The summed E-state index contributed by atoms with van der Waals surface area (Å²) >= 11 is 9.62. The first kappa shape index (κ1) is 35.8. The number of nitrogens with zero attached hydrogens (tertiary/aromatic N) is 4. The van der Waals surface area contributed by atoms with Gasteiger partial charge in [-0.2, -0.15) is 4.37 Å². The number of carbonyl (C=O) groups is 1. The highest BCUT2D eigenvalue weighted by Crippen LogP contribution is 2.39. The second-order valence-corrected chi connectivity index (χ2v) is 19.4. The van der Waals surface area contributed by atoms with Gasteiger partial charge in [-0.1, -0.05) is 44.5 Å². The van der Waals surface area contributed by atoms with E-state index in [1.807, 2.05) is 42.5 Å². The average Bonchev–Trinajstić information content (AvgIpc) is 3.48. The smallest absolute Gasteiger partial charge is 0.347 e. The van der Waals surface area contributed by atoms with Crippen LogP contribution in [0.2, 0.25) is 23.3 Å². The van der Waals surface area contributed by atoms with Crippen molar-refractivity contribution in [2.45, 2.75) is 58.0 Å². The molecule has 0 unspecified atom stereocenters. The second-order valence-electron chi connectivity index (χ2n) is 12.4. The van der Waals surface area contributed by atoms with Crippen molar-refractivity contribution in [2.24, 2.45) is 0 Å². The molecule has 48 heavy (non-hydrogen) atoms. The summed E-state index contributed by atoms with van der Waals surface area (Å²) < 4.78 is 35.9. The summed E-state index contributed by atoms with van der Waals surface area (Å²) in [6.45, 7) is 11.1. The van der Waals surface area contributed by atoms with Gasteiger partial charge in [-0.25, -0.2) is 19.7 Å². The van der Waals surface area contributed by atoms with Crippen LogP contribution < -0.4 is 18.6 Å². The Morgan fingerprint density at radius 2 is 1.83 bits per heavy atom. The fourth-order valence-corrected chi connectivity index (χ4v) is 7.23. The number of carbonyl (C=O) groups excluding carboxylic acids is 1. The van der Waals surface area contributed by atoms with Gasteiger partial charge in [-0.15, -0.1) is 0 Å². The number of para-hydroxylation sites is 1. The van der Waals surface area contributed by atoms with Crippen LogP contribution in [0.1, 0.15) is 32.0 Å². The van der Waals surface area contributed by atoms with Crippen molar-refractivity contribution in [2.75, 3.05) is 14.2 Å². The van der Waals surface area contributed by atoms with Crippen molar-refractivity contribution in [3.05, 3.63) is 80.9 Å². The third-order valence-electron chi connectivity index (χ3n) is 8.15. The van der Waals surface area contributed by atoms with Gasteiger partial charge in [0.2, 0.25) is 20.3 Å². The summed E-state index contributed by atoms with van der Waals surface area (Å²) in [5.74, 6) is 2.12. The van der Waals surface area contributed by atoms with E-state index in [1.165, 1.54) is 18.6 Å². The molecule has 0 saturated carbocycles. The first-order valence-electron chi connectivity index (χ1n) is 15.0. The molecule has 0 spiro atoms. The molecule has 2 aromatic carbocycles. The number of pyridine rings is 1. The predicted molar refractivity (Wildman–Crippen MR) is 198 cm³/mol. The van der Waals surface area contributed by atoms with Gasteiger partial charge in [-0.3, -0.25) is 0 Å². The number of esters is 1. The monoisotopic (exact) mass is 818 g/mol. The van der Waals surface area contributed by atoms with Crippen molar-refractivity contribution in [1.29, 1.82) is 0 Å². The quantitative estimate of drug-likeness (QED) is 0.0525. The largest absolute Gasteiger partial charge is 0.543 e. The zero-order valence-corrected chi connectivity index (χ0v) is 32.4. The number of hydrogen-bond acceptors (Lipinski definition) is 11. The number of rotatable bonds is 12. The van der Waals surface area contributed by atoms with Crippen LogP contribution in [0.15, 0.2) is 60.9 Å². The number of halogens is 2. The van der Waals surface area contributed by atoms with Crippen LogP contribution >= 0.6 is 45.7 Å². The van der Waals surface area contributed by atoms with Gasteiger partial charge >= 0.3 is 5.97 Å². The van der Waals surface area contributed by atoms with E-state index < -0.39 is 20.4 Å². The standard InChI is InChI=1S/C34H36ClIN4O6SSi/c1-34(2,3)48(6,7)46-22-12-13-24(44-19-21-14-15-37-31(39-21)23-10-8-9-11-25(23)42-4)20(16-22)17-26(33(41)43-5)45-32-28-27(47-40-32)18-38-30(35)29(28)36/h8-16,18,26H,17,19H2,1-7H3/t26-/m0/s1. The van der Waals surface area contributed by atoms with E-state index in [0.29, 0.717) is 48.4 Å². The van der Waals surface area contributed by atoms with Crippen molar-refractivity contribution in [3.8, 4) is 34.5 Å². The Morgan fingerprint density at radius 1 is 1.06 bits per heavy atom. The van der Waals surface area contributed by atoms with Gasteiger partial charge in [0.25, 0.3) is 0 Å². The fourth-order valence-electron chi connectivity index (χ4n) is 4.53. The number of fused-ring (bicyclic) bond motifs is 1. The minimum atomic E-state index is -2.19. The van der Waals surface area contributed by atoms with Crippen molar-refractivity contribution in [1.82, 2.24) is 19.3 Å². The molecule has 10 nitrogen and oxygen atoms in total. The van der Waals surface area contributed by atoms with E-state index >= 15 is 0 Å². The Hall–Kier alpha value is -3.53. The highest BCUT2D eigenvalue weighted by atomic mass is 127. The van der Waals surface area contributed by atoms with Crippen molar-refractivity contribution in [3.63, 3.8) is 0 Å². The molecule has 3 aromatic heterocycles. The van der Waals surface area contributed by atoms with E-state index in [0.717, 1.165) is 10.3 Å². The predicted octanol–water partition coefficient (Wildman–Crippen LogP) is 8.54. The molecule has 0 amide bonds. The molecule has 252 valence electrons. The molecule has 0 aliphatic heterocycles. The first-order chi connectivity index (χ1) is 22.8. The molecule has 14 heteroatoms. The fraction of sp³-hybridized carbons (Fsp3) is 0.324. The van der Waals surface area contributed by atoms with Gasteiger partial charge in [0.1, 0.15) is 29.0 Å². The van der Waals surface area contributed by atoms with Crippen LogP contribution in [-0.2, 0) is 22.6 Å². The number of aromatic nitrogens is 4. The molecule has 0 bridgehead atoms. The van der Waals surface area contributed by atoms with Gasteiger partial charge in [0, 0.05) is 24.4 Å². The summed E-state index contributed by atoms with van der Waals surface area (Å²) in [4.78, 5) is 26.6. The highest BCUT2D eigenvalue weighted by Gasteiger charge is 2.39. The lowest BCUT2D eigenvalue weighted by molar-refractivity contribution is -0.148. The van der Waals surface area contributed by atoms with E-state index in [-0.39, 0.29) is 23.9 Å². The molecule has 0 radical (unpaired) electrons. The Balaban J connectivity index is 1.48. The highest BCUT2D eigenvalue weighted by molar-refractivity contribution is 14.1. The third-order valence-corrected chi connectivity index (χ3v) is 14.9. The molecule has 3 heterocycles. The zero-order chi connectivity index (χ0) is 34.6. The van der Waals surface area contributed by atoms with Crippen LogP contribution in [0.3, 0.4) is 0 Å². The molecular weight excluding hydrogens is 783 g/mol. The maximum atomic E-state index is 13.2. The Morgan fingerprint density at radius 3 is 2.56 bits per heavy atom. The SMILES string of the molecule is COC(=O)[C@H](Cc1cc(O[Si](C)(C)C(C)(C)C)ccc1OCc1ccnc(-c2ccccc2OC)n1)Oc1nsc2cnc(Cl)c(I)c12. The van der Waals surface area contributed by atoms with Gasteiger partial charge < -0.3 is 23.4 Å². The normalized spacial score (nSPS) is 12.4. The second kappa shape index (κ2) is 14.9. The lowest BCUT2D eigenvalue weighted by atomic mass is 10.1. The van der Waals surface area contributed by atoms with Crippen LogP contribution in [0.4, 0.5) is 0 Å². The number of ether oxygens (including phenoxy) is 4.